The second-order valence-corrected chi connectivity index (χ2v) is 3.96. The quantitative estimate of drug-likeness (QED) is 0.694. The van der Waals surface area contributed by atoms with Gasteiger partial charge in [-0.2, -0.15) is 0 Å². The molecule has 0 aromatic rings. The molecule has 1 aliphatic heterocycles. The lowest BCUT2D eigenvalue weighted by Crippen LogP contribution is -2.32. The van der Waals surface area contributed by atoms with Crippen molar-refractivity contribution in [2.24, 2.45) is 5.92 Å². The van der Waals surface area contributed by atoms with Crippen LogP contribution in [0.4, 0.5) is 0 Å². The summed E-state index contributed by atoms with van der Waals surface area (Å²) < 4.78 is 10.6. The summed E-state index contributed by atoms with van der Waals surface area (Å²) in [6.07, 6.45) is 1.73. The molecule has 4 nitrogen and oxygen atoms in total. The zero-order valence-corrected chi connectivity index (χ0v) is 9.62. The molecular weight excluding hydrogens is 194 g/mol. The molecule has 1 heterocycles. The fourth-order valence-corrected chi connectivity index (χ4v) is 1.52. The van der Waals surface area contributed by atoms with E-state index in [0.29, 0.717) is 19.8 Å². The van der Waals surface area contributed by atoms with Crippen molar-refractivity contribution in [1.82, 2.24) is 5.32 Å². The first kappa shape index (κ1) is 12.5. The van der Waals surface area contributed by atoms with Crippen LogP contribution in [0.25, 0.3) is 0 Å². The number of ether oxygens (including phenoxy) is 2. The molecule has 0 radical (unpaired) electrons. The Bertz CT molecular complexity index is 190. The minimum atomic E-state index is -0.0946. The highest BCUT2D eigenvalue weighted by molar-refractivity contribution is 5.72. The number of hydrogen-bond donors (Lipinski definition) is 1. The number of carbonyl (C=O) groups excluding carboxylic acids is 1. The molecule has 1 fully saturated rings. The van der Waals surface area contributed by atoms with Gasteiger partial charge in [-0.1, -0.05) is 13.8 Å². The van der Waals surface area contributed by atoms with E-state index in [0.717, 1.165) is 19.4 Å². The van der Waals surface area contributed by atoms with Crippen molar-refractivity contribution in [2.45, 2.75) is 32.8 Å². The first-order chi connectivity index (χ1) is 7.24. The van der Waals surface area contributed by atoms with Crippen LogP contribution in [0.5, 0.6) is 0 Å². The van der Waals surface area contributed by atoms with Crippen molar-refractivity contribution in [3.8, 4) is 0 Å². The second-order valence-electron chi connectivity index (χ2n) is 3.96. The van der Waals surface area contributed by atoms with E-state index in [-0.39, 0.29) is 18.0 Å². The summed E-state index contributed by atoms with van der Waals surface area (Å²) in [5.41, 5.74) is 0. The molecule has 0 spiro atoms. The predicted octanol–water partition coefficient (Wildman–Crippen LogP) is 0.954. The average Bonchev–Trinajstić information content (AvgIpc) is 2.27. The van der Waals surface area contributed by atoms with Crippen LogP contribution in [0.3, 0.4) is 0 Å². The summed E-state index contributed by atoms with van der Waals surface area (Å²) in [7, 11) is 0. The van der Waals surface area contributed by atoms with Gasteiger partial charge in [-0.15, -0.1) is 0 Å². The van der Waals surface area contributed by atoms with E-state index >= 15 is 0 Å². The van der Waals surface area contributed by atoms with Crippen LogP contribution in [0, 0.1) is 5.92 Å². The first-order valence-corrected chi connectivity index (χ1v) is 5.73. The van der Waals surface area contributed by atoms with Crippen LogP contribution >= 0.6 is 0 Å². The highest BCUT2D eigenvalue weighted by atomic mass is 16.6. The van der Waals surface area contributed by atoms with Crippen molar-refractivity contribution >= 4 is 5.97 Å². The smallest absolute Gasteiger partial charge is 0.310 e. The van der Waals surface area contributed by atoms with Gasteiger partial charge < -0.3 is 14.8 Å². The molecule has 1 atom stereocenters. The van der Waals surface area contributed by atoms with Gasteiger partial charge in [0.25, 0.3) is 0 Å². The Morgan fingerprint density at radius 3 is 2.80 bits per heavy atom. The molecule has 88 valence electrons. The fourth-order valence-electron chi connectivity index (χ4n) is 1.52. The standard InChI is InChI=1S/C11H21NO3/c1-3-12-8-9(2)11(13)15-10-4-6-14-7-5-10/h9-10,12H,3-8H2,1-2H3. The Morgan fingerprint density at radius 1 is 1.53 bits per heavy atom. The third-order valence-electron chi connectivity index (χ3n) is 2.55. The van der Waals surface area contributed by atoms with Gasteiger partial charge >= 0.3 is 5.97 Å². The molecule has 0 aromatic heterocycles. The largest absolute Gasteiger partial charge is 0.462 e. The summed E-state index contributed by atoms with van der Waals surface area (Å²) in [6, 6.07) is 0. The van der Waals surface area contributed by atoms with Gasteiger partial charge in [-0.05, 0) is 6.54 Å². The normalized spacial score (nSPS) is 19.9. The summed E-state index contributed by atoms with van der Waals surface area (Å²) in [6.45, 7) is 6.91. The van der Waals surface area contributed by atoms with Crippen LogP contribution in [0.15, 0.2) is 0 Å². The Morgan fingerprint density at radius 2 is 2.20 bits per heavy atom. The van der Waals surface area contributed by atoms with E-state index in [1.165, 1.54) is 0 Å². The van der Waals surface area contributed by atoms with E-state index < -0.39 is 0 Å². The van der Waals surface area contributed by atoms with Crippen molar-refractivity contribution in [3.63, 3.8) is 0 Å². The Kier molecular flexibility index (Phi) is 5.65. The highest BCUT2D eigenvalue weighted by Gasteiger charge is 2.21. The molecule has 0 aromatic carbocycles. The van der Waals surface area contributed by atoms with Gasteiger partial charge in [-0.25, -0.2) is 0 Å². The summed E-state index contributed by atoms with van der Waals surface area (Å²) in [5.74, 6) is -0.157. The van der Waals surface area contributed by atoms with Crippen LogP contribution in [-0.4, -0.2) is 38.4 Å². The van der Waals surface area contributed by atoms with Gasteiger partial charge in [0.05, 0.1) is 19.1 Å². The Labute approximate surface area is 91.3 Å². The topological polar surface area (TPSA) is 47.6 Å². The van der Waals surface area contributed by atoms with Crippen molar-refractivity contribution in [1.29, 1.82) is 0 Å². The lowest BCUT2D eigenvalue weighted by molar-refractivity contribution is -0.157. The zero-order chi connectivity index (χ0) is 11.1. The lowest BCUT2D eigenvalue weighted by atomic mass is 10.1. The molecule has 1 rings (SSSR count). The van der Waals surface area contributed by atoms with E-state index in [4.69, 9.17) is 9.47 Å². The van der Waals surface area contributed by atoms with Crippen LogP contribution < -0.4 is 5.32 Å². The molecular formula is C11H21NO3. The van der Waals surface area contributed by atoms with Gasteiger partial charge in [0.2, 0.25) is 0 Å². The monoisotopic (exact) mass is 215 g/mol. The van der Waals surface area contributed by atoms with E-state index in [9.17, 15) is 4.79 Å². The minimum absolute atomic E-state index is 0.0622. The molecule has 0 bridgehead atoms. The SMILES string of the molecule is CCNCC(C)C(=O)OC1CCOCC1. The van der Waals surface area contributed by atoms with E-state index in [1.54, 1.807) is 0 Å². The van der Waals surface area contributed by atoms with Crippen molar-refractivity contribution in [2.75, 3.05) is 26.3 Å². The van der Waals surface area contributed by atoms with Crippen molar-refractivity contribution < 1.29 is 14.3 Å². The van der Waals surface area contributed by atoms with Crippen molar-refractivity contribution in [3.05, 3.63) is 0 Å². The lowest BCUT2D eigenvalue weighted by Gasteiger charge is -2.23. The summed E-state index contributed by atoms with van der Waals surface area (Å²) in [5, 5.41) is 3.14. The van der Waals surface area contributed by atoms with E-state index in [1.807, 2.05) is 13.8 Å². The summed E-state index contributed by atoms with van der Waals surface area (Å²) in [4.78, 5) is 11.6. The molecule has 1 unspecified atom stereocenters. The number of esters is 1. The number of carbonyl (C=O) groups is 1. The van der Waals surface area contributed by atoms with E-state index in [2.05, 4.69) is 5.32 Å². The highest BCUT2D eigenvalue weighted by Crippen LogP contribution is 2.12. The minimum Gasteiger partial charge on any atom is -0.462 e. The second kappa shape index (κ2) is 6.80. The molecule has 4 heteroatoms. The Balaban J connectivity index is 2.20. The van der Waals surface area contributed by atoms with Gasteiger partial charge in [0.15, 0.2) is 0 Å². The molecule has 0 amide bonds. The number of rotatable bonds is 5. The Hall–Kier alpha value is -0.610. The first-order valence-electron chi connectivity index (χ1n) is 5.73. The molecule has 1 N–H and O–H groups in total. The molecule has 0 aliphatic carbocycles. The van der Waals surface area contributed by atoms with Crippen LogP contribution in [0.2, 0.25) is 0 Å². The molecule has 1 aliphatic rings. The molecule has 0 saturated carbocycles. The number of nitrogens with one attached hydrogen (secondary N) is 1. The fraction of sp³-hybridized carbons (Fsp3) is 0.909. The third kappa shape index (κ3) is 4.62. The zero-order valence-electron chi connectivity index (χ0n) is 9.62. The predicted molar refractivity (Wildman–Crippen MR) is 57.6 cm³/mol. The molecule has 1 saturated heterocycles. The van der Waals surface area contributed by atoms with Crippen LogP contribution in [-0.2, 0) is 14.3 Å². The average molecular weight is 215 g/mol. The van der Waals surface area contributed by atoms with Crippen LogP contribution in [0.1, 0.15) is 26.7 Å². The van der Waals surface area contributed by atoms with Gasteiger partial charge in [0, 0.05) is 19.4 Å². The van der Waals surface area contributed by atoms with Gasteiger partial charge in [-0.3, -0.25) is 4.79 Å². The summed E-state index contributed by atoms with van der Waals surface area (Å²) >= 11 is 0. The maximum Gasteiger partial charge on any atom is 0.310 e. The maximum absolute atomic E-state index is 11.6. The molecule has 15 heavy (non-hydrogen) atoms. The third-order valence-corrected chi connectivity index (χ3v) is 2.55. The maximum atomic E-state index is 11.6. The van der Waals surface area contributed by atoms with Gasteiger partial charge in [0.1, 0.15) is 6.10 Å². The number of hydrogen-bond acceptors (Lipinski definition) is 4.